The number of nitrogens with two attached hydrogens (primary N) is 3. The minimum atomic E-state index is -1.26. The van der Waals surface area contributed by atoms with Crippen LogP contribution >= 0.6 is 11.8 Å². The van der Waals surface area contributed by atoms with E-state index >= 15 is 0 Å². The number of aliphatic imine (C=N–C) groups is 1. The molecule has 206 valence electrons. The summed E-state index contributed by atoms with van der Waals surface area (Å²) in [5, 5.41) is 26.6. The summed E-state index contributed by atoms with van der Waals surface area (Å²) in [5.41, 5.74) is 17.0. The van der Waals surface area contributed by atoms with Crippen LogP contribution in [-0.2, 0) is 25.6 Å². The average Bonchev–Trinajstić information content (AvgIpc) is 2.84. The summed E-state index contributed by atoms with van der Waals surface area (Å²) < 4.78 is 0. The highest BCUT2D eigenvalue weighted by molar-refractivity contribution is 7.98. The van der Waals surface area contributed by atoms with Crippen molar-refractivity contribution in [3.05, 3.63) is 29.8 Å². The topological polar surface area (TPSA) is 235 Å². The third kappa shape index (κ3) is 12.3. The normalized spacial score (nSPS) is 13.9. The molecule has 4 unspecified atom stereocenters. The molecule has 0 fully saturated rings. The lowest BCUT2D eigenvalue weighted by Crippen LogP contribution is -2.57. The molecule has 0 heterocycles. The number of carbonyl (C=O) groups is 4. The highest BCUT2D eigenvalue weighted by atomic mass is 32.2. The largest absolute Gasteiger partial charge is 0.508 e. The molecule has 0 bridgehead atoms. The van der Waals surface area contributed by atoms with Gasteiger partial charge in [-0.1, -0.05) is 12.1 Å². The van der Waals surface area contributed by atoms with Crippen molar-refractivity contribution in [1.29, 1.82) is 0 Å². The van der Waals surface area contributed by atoms with Crippen molar-refractivity contribution in [1.82, 2.24) is 16.0 Å². The van der Waals surface area contributed by atoms with E-state index in [-0.39, 0.29) is 31.1 Å². The fraction of sp³-hybridized carbons (Fsp3) is 0.522. The monoisotopic (exact) mass is 539 g/mol. The zero-order chi connectivity index (χ0) is 28.0. The number of nitrogens with zero attached hydrogens (tertiary/aromatic N) is 1. The van der Waals surface area contributed by atoms with Crippen LogP contribution in [0.2, 0.25) is 0 Å². The molecule has 1 aromatic rings. The van der Waals surface area contributed by atoms with Crippen LogP contribution in [0.3, 0.4) is 0 Å². The number of hydrogen-bond donors (Lipinski definition) is 8. The van der Waals surface area contributed by atoms with Gasteiger partial charge in [0.25, 0.3) is 0 Å². The first-order valence-corrected chi connectivity index (χ1v) is 13.1. The van der Waals surface area contributed by atoms with E-state index in [4.69, 9.17) is 17.2 Å². The molecule has 11 N–H and O–H groups in total. The number of amides is 3. The number of carbonyl (C=O) groups excluding carboxylic acids is 3. The number of nitrogens with one attached hydrogen (secondary N) is 3. The standard InChI is InChI=1S/C23H37N7O6S/c1-13(28-20(33)16(24)9-11-37-2)19(32)30-18(12-14-5-7-15(31)8-6-14)21(34)29-17(22(35)36)4-3-10-27-23(25)26/h5-8,13,16-18,31H,3-4,9-12,24H2,1-2H3,(H,28,33)(H,29,34)(H,30,32)(H,35,36)(H4,25,26,27). The summed E-state index contributed by atoms with van der Waals surface area (Å²) >= 11 is 1.54. The predicted octanol–water partition coefficient (Wildman–Crippen LogP) is -1.37. The van der Waals surface area contributed by atoms with E-state index in [0.29, 0.717) is 24.2 Å². The summed E-state index contributed by atoms with van der Waals surface area (Å²) in [4.78, 5) is 53.6. The van der Waals surface area contributed by atoms with E-state index in [1.165, 1.54) is 19.1 Å². The summed E-state index contributed by atoms with van der Waals surface area (Å²) in [5.74, 6) is -2.56. The average molecular weight is 540 g/mol. The van der Waals surface area contributed by atoms with Gasteiger partial charge in [-0.2, -0.15) is 11.8 Å². The Balaban J connectivity index is 2.94. The zero-order valence-electron chi connectivity index (χ0n) is 21.0. The van der Waals surface area contributed by atoms with Crippen molar-refractivity contribution in [2.45, 2.75) is 56.8 Å². The molecule has 1 rings (SSSR count). The summed E-state index contributed by atoms with van der Waals surface area (Å²) in [6.07, 6.45) is 2.68. The Hall–Kier alpha value is -3.52. The minimum absolute atomic E-state index is 0.00605. The van der Waals surface area contributed by atoms with Crippen molar-refractivity contribution < 1.29 is 29.4 Å². The molecule has 0 aliphatic carbocycles. The van der Waals surface area contributed by atoms with Crippen LogP contribution in [0.15, 0.2) is 29.3 Å². The van der Waals surface area contributed by atoms with Crippen LogP contribution in [0.25, 0.3) is 0 Å². The second-order valence-corrected chi connectivity index (χ2v) is 9.38. The van der Waals surface area contributed by atoms with E-state index in [1.54, 1.807) is 23.9 Å². The number of phenolic OH excluding ortho intramolecular Hbond substituents is 1. The van der Waals surface area contributed by atoms with Gasteiger partial charge in [0.15, 0.2) is 5.96 Å². The maximum absolute atomic E-state index is 13.1. The lowest BCUT2D eigenvalue weighted by molar-refractivity contribution is -0.142. The molecule has 37 heavy (non-hydrogen) atoms. The van der Waals surface area contributed by atoms with Gasteiger partial charge >= 0.3 is 5.97 Å². The molecule has 3 amide bonds. The molecule has 14 heteroatoms. The van der Waals surface area contributed by atoms with Gasteiger partial charge in [0.1, 0.15) is 23.9 Å². The lowest BCUT2D eigenvalue weighted by atomic mass is 10.0. The molecule has 0 saturated carbocycles. The Morgan fingerprint density at radius 3 is 2.16 bits per heavy atom. The van der Waals surface area contributed by atoms with Crippen LogP contribution in [0.5, 0.6) is 5.75 Å². The second kappa shape index (κ2) is 16.3. The van der Waals surface area contributed by atoms with Crippen molar-refractivity contribution in [2.24, 2.45) is 22.2 Å². The van der Waals surface area contributed by atoms with Gasteiger partial charge in [0.2, 0.25) is 17.7 Å². The smallest absolute Gasteiger partial charge is 0.326 e. The number of carboxylic acid groups (broad SMARTS) is 1. The van der Waals surface area contributed by atoms with Crippen molar-refractivity contribution in [3.8, 4) is 5.75 Å². The van der Waals surface area contributed by atoms with Gasteiger partial charge in [-0.25, -0.2) is 4.79 Å². The van der Waals surface area contributed by atoms with Crippen LogP contribution in [0.1, 0.15) is 31.7 Å². The molecule has 0 saturated heterocycles. The number of hydrogen-bond acceptors (Lipinski definition) is 8. The van der Waals surface area contributed by atoms with Gasteiger partial charge in [0.05, 0.1) is 6.04 Å². The first kappa shape index (κ1) is 31.5. The minimum Gasteiger partial charge on any atom is -0.508 e. The van der Waals surface area contributed by atoms with Gasteiger partial charge in [-0.3, -0.25) is 19.4 Å². The number of aromatic hydroxyl groups is 1. The Kier molecular flexibility index (Phi) is 13.9. The third-order valence-corrected chi connectivity index (χ3v) is 5.93. The maximum atomic E-state index is 13.1. The van der Waals surface area contributed by atoms with Crippen LogP contribution in [0.4, 0.5) is 0 Å². The Labute approximate surface area is 220 Å². The SMILES string of the molecule is CSCCC(N)C(=O)NC(C)C(=O)NC(Cc1ccc(O)cc1)C(=O)NC(CCCN=C(N)N)C(=O)O. The number of carboxylic acids is 1. The van der Waals surface area contributed by atoms with Crippen molar-refractivity contribution in [3.63, 3.8) is 0 Å². The quantitative estimate of drug-likeness (QED) is 0.0696. The van der Waals surface area contributed by atoms with Gasteiger partial charge in [0, 0.05) is 13.0 Å². The number of phenols is 1. The number of benzene rings is 1. The summed E-state index contributed by atoms with van der Waals surface area (Å²) in [6.45, 7) is 1.64. The fourth-order valence-corrected chi connectivity index (χ4v) is 3.66. The van der Waals surface area contributed by atoms with E-state index in [1.807, 2.05) is 6.26 Å². The Morgan fingerprint density at radius 2 is 1.59 bits per heavy atom. The van der Waals surface area contributed by atoms with E-state index in [9.17, 15) is 29.4 Å². The first-order valence-electron chi connectivity index (χ1n) is 11.7. The van der Waals surface area contributed by atoms with Gasteiger partial charge < -0.3 is 43.4 Å². The zero-order valence-corrected chi connectivity index (χ0v) is 21.8. The van der Waals surface area contributed by atoms with Crippen molar-refractivity contribution in [2.75, 3.05) is 18.6 Å². The number of thioether (sulfide) groups is 1. The Bertz CT molecular complexity index is 940. The third-order valence-electron chi connectivity index (χ3n) is 5.29. The van der Waals surface area contributed by atoms with E-state index < -0.39 is 47.9 Å². The molecule has 0 aromatic heterocycles. The van der Waals surface area contributed by atoms with Gasteiger partial charge in [-0.05, 0) is 55.9 Å². The Morgan fingerprint density at radius 1 is 0.973 bits per heavy atom. The molecule has 4 atom stereocenters. The second-order valence-electron chi connectivity index (χ2n) is 8.40. The molecule has 0 aliphatic rings. The molecule has 13 nitrogen and oxygen atoms in total. The van der Waals surface area contributed by atoms with Crippen LogP contribution < -0.4 is 33.2 Å². The van der Waals surface area contributed by atoms with Crippen LogP contribution in [-0.4, -0.2) is 82.6 Å². The van der Waals surface area contributed by atoms with E-state index in [2.05, 4.69) is 20.9 Å². The molecular formula is C23H37N7O6S. The highest BCUT2D eigenvalue weighted by Gasteiger charge is 2.29. The summed E-state index contributed by atoms with van der Waals surface area (Å²) in [6, 6.07) is 1.80. The summed E-state index contributed by atoms with van der Waals surface area (Å²) in [7, 11) is 0. The molecular weight excluding hydrogens is 502 g/mol. The first-order chi connectivity index (χ1) is 17.4. The number of rotatable bonds is 16. The molecule has 1 aromatic carbocycles. The highest BCUT2D eigenvalue weighted by Crippen LogP contribution is 2.12. The fourth-order valence-electron chi connectivity index (χ4n) is 3.17. The van der Waals surface area contributed by atoms with Crippen LogP contribution in [0, 0.1) is 0 Å². The molecule has 0 aliphatic heterocycles. The molecule has 0 spiro atoms. The van der Waals surface area contributed by atoms with Crippen molar-refractivity contribution >= 4 is 41.4 Å². The van der Waals surface area contributed by atoms with E-state index in [0.717, 1.165) is 0 Å². The van der Waals surface area contributed by atoms with Gasteiger partial charge in [-0.15, -0.1) is 0 Å². The maximum Gasteiger partial charge on any atom is 0.326 e. The number of aliphatic carboxylic acids is 1. The molecule has 0 radical (unpaired) electrons. The number of guanidine groups is 1. The predicted molar refractivity (Wildman–Crippen MR) is 142 cm³/mol. The lowest BCUT2D eigenvalue weighted by Gasteiger charge is -2.24.